The highest BCUT2D eigenvalue weighted by Crippen LogP contribution is 2.31. The van der Waals surface area contributed by atoms with Gasteiger partial charge in [-0.3, -0.25) is 4.79 Å². The van der Waals surface area contributed by atoms with Crippen LogP contribution in [0.1, 0.15) is 25.3 Å². The van der Waals surface area contributed by atoms with Crippen molar-refractivity contribution >= 4 is 17.7 Å². The van der Waals surface area contributed by atoms with Gasteiger partial charge in [0, 0.05) is 18.8 Å². The second kappa shape index (κ2) is 5.53. The van der Waals surface area contributed by atoms with Crippen LogP contribution in [-0.2, 0) is 4.79 Å². The van der Waals surface area contributed by atoms with Crippen molar-refractivity contribution in [2.75, 3.05) is 18.4 Å². The smallest absolute Gasteiger partial charge is 0.321 e. The fraction of sp³-hybridized carbons (Fsp3) is 0.467. The van der Waals surface area contributed by atoms with Crippen molar-refractivity contribution < 1.29 is 14.7 Å². The van der Waals surface area contributed by atoms with Crippen molar-refractivity contribution in [3.05, 3.63) is 29.8 Å². The van der Waals surface area contributed by atoms with Crippen molar-refractivity contribution in [1.82, 2.24) is 4.90 Å². The van der Waals surface area contributed by atoms with E-state index in [1.807, 2.05) is 31.2 Å². The van der Waals surface area contributed by atoms with E-state index in [1.165, 1.54) is 0 Å². The molecule has 5 nitrogen and oxygen atoms in total. The number of aliphatic carboxylic acids is 1. The Hall–Kier alpha value is -2.04. The summed E-state index contributed by atoms with van der Waals surface area (Å²) in [7, 11) is 0. The molecule has 2 rings (SSSR count). The van der Waals surface area contributed by atoms with Gasteiger partial charge in [-0.15, -0.1) is 0 Å². The lowest BCUT2D eigenvalue weighted by Crippen LogP contribution is -2.46. The van der Waals surface area contributed by atoms with Crippen LogP contribution >= 0.6 is 0 Å². The predicted molar refractivity (Wildman–Crippen MR) is 76.7 cm³/mol. The standard InChI is InChI=1S/C15H20N2O3/c1-11-3-5-12(6-4-11)16-14(20)17-9-7-15(2,8-10-17)13(18)19/h3-6H,7-10H2,1-2H3,(H,16,20)(H,18,19). The van der Waals surface area contributed by atoms with Gasteiger partial charge >= 0.3 is 12.0 Å². The van der Waals surface area contributed by atoms with Crippen LogP contribution in [0.3, 0.4) is 0 Å². The molecule has 1 aliphatic rings. The fourth-order valence-electron chi connectivity index (χ4n) is 2.26. The molecule has 108 valence electrons. The molecule has 20 heavy (non-hydrogen) atoms. The molecule has 0 bridgehead atoms. The molecule has 1 fully saturated rings. The minimum absolute atomic E-state index is 0.165. The van der Waals surface area contributed by atoms with Gasteiger partial charge in [-0.1, -0.05) is 17.7 Å². The topological polar surface area (TPSA) is 69.6 Å². The largest absolute Gasteiger partial charge is 0.481 e. The summed E-state index contributed by atoms with van der Waals surface area (Å²) in [5, 5.41) is 12.0. The van der Waals surface area contributed by atoms with Gasteiger partial charge in [0.25, 0.3) is 0 Å². The van der Waals surface area contributed by atoms with Gasteiger partial charge in [0.1, 0.15) is 0 Å². The summed E-state index contributed by atoms with van der Waals surface area (Å²) in [6.07, 6.45) is 0.979. The maximum atomic E-state index is 12.1. The van der Waals surface area contributed by atoms with E-state index in [0.717, 1.165) is 11.3 Å². The summed E-state index contributed by atoms with van der Waals surface area (Å²) < 4.78 is 0. The van der Waals surface area contributed by atoms with Gasteiger partial charge in [0.2, 0.25) is 0 Å². The molecule has 0 radical (unpaired) electrons. The zero-order valence-corrected chi connectivity index (χ0v) is 11.8. The Balaban J connectivity index is 1.92. The first-order valence-corrected chi connectivity index (χ1v) is 6.77. The van der Waals surface area contributed by atoms with Crippen LogP contribution in [0.5, 0.6) is 0 Å². The van der Waals surface area contributed by atoms with Crippen LogP contribution in [0.25, 0.3) is 0 Å². The van der Waals surface area contributed by atoms with Gasteiger partial charge in [-0.05, 0) is 38.8 Å². The fourth-order valence-corrected chi connectivity index (χ4v) is 2.26. The minimum Gasteiger partial charge on any atom is -0.481 e. The Morgan fingerprint density at radius 2 is 1.75 bits per heavy atom. The molecule has 0 atom stereocenters. The summed E-state index contributed by atoms with van der Waals surface area (Å²) in [5.74, 6) is -0.781. The third-order valence-corrected chi connectivity index (χ3v) is 3.97. The molecule has 0 unspecified atom stereocenters. The number of hydrogen-bond donors (Lipinski definition) is 2. The Labute approximate surface area is 118 Å². The van der Waals surface area contributed by atoms with Gasteiger partial charge in [-0.25, -0.2) is 4.79 Å². The summed E-state index contributed by atoms with van der Waals surface area (Å²) in [5.41, 5.74) is 1.19. The number of nitrogens with zero attached hydrogens (tertiary/aromatic N) is 1. The molecule has 1 heterocycles. The monoisotopic (exact) mass is 276 g/mol. The number of benzene rings is 1. The second-order valence-electron chi connectivity index (χ2n) is 5.65. The number of rotatable bonds is 2. The summed E-state index contributed by atoms with van der Waals surface area (Å²) in [6, 6.07) is 7.43. The first kappa shape index (κ1) is 14.4. The van der Waals surface area contributed by atoms with E-state index in [9.17, 15) is 9.59 Å². The molecule has 1 saturated heterocycles. The first-order chi connectivity index (χ1) is 9.40. The molecule has 0 spiro atoms. The average Bonchev–Trinajstić information content (AvgIpc) is 2.42. The highest BCUT2D eigenvalue weighted by atomic mass is 16.4. The number of amides is 2. The van der Waals surface area contributed by atoms with E-state index in [4.69, 9.17) is 5.11 Å². The molecule has 2 amide bonds. The lowest BCUT2D eigenvalue weighted by Gasteiger charge is -2.36. The predicted octanol–water partition coefficient (Wildman–Crippen LogP) is 2.71. The highest BCUT2D eigenvalue weighted by Gasteiger charge is 2.37. The zero-order valence-electron chi connectivity index (χ0n) is 11.8. The number of piperidine rings is 1. The normalized spacial score (nSPS) is 17.6. The molecule has 0 aromatic heterocycles. The van der Waals surface area contributed by atoms with Crippen LogP contribution in [0, 0.1) is 12.3 Å². The lowest BCUT2D eigenvalue weighted by molar-refractivity contribution is -0.150. The number of carboxylic acid groups (broad SMARTS) is 1. The van der Waals surface area contributed by atoms with Gasteiger partial charge in [0.05, 0.1) is 5.41 Å². The summed E-state index contributed by atoms with van der Waals surface area (Å²) >= 11 is 0. The van der Waals surface area contributed by atoms with Gasteiger partial charge < -0.3 is 15.3 Å². The Kier molecular flexibility index (Phi) is 3.97. The van der Waals surface area contributed by atoms with Crippen molar-refractivity contribution in [3.63, 3.8) is 0 Å². The van der Waals surface area contributed by atoms with Crippen molar-refractivity contribution in [3.8, 4) is 0 Å². The number of hydrogen-bond acceptors (Lipinski definition) is 2. The van der Waals surface area contributed by atoms with Crippen molar-refractivity contribution in [2.45, 2.75) is 26.7 Å². The van der Waals surface area contributed by atoms with Crippen LogP contribution < -0.4 is 5.32 Å². The number of aryl methyl sites for hydroxylation is 1. The number of carbonyl (C=O) groups excluding carboxylic acids is 1. The maximum Gasteiger partial charge on any atom is 0.321 e. The van der Waals surface area contributed by atoms with Crippen LogP contribution in [0.2, 0.25) is 0 Å². The van der Waals surface area contributed by atoms with Crippen molar-refractivity contribution in [1.29, 1.82) is 0 Å². The zero-order chi connectivity index (χ0) is 14.8. The number of carbonyl (C=O) groups is 2. The molecule has 0 aliphatic carbocycles. The van der Waals surface area contributed by atoms with E-state index in [0.29, 0.717) is 25.9 Å². The van der Waals surface area contributed by atoms with Gasteiger partial charge in [-0.2, -0.15) is 0 Å². The van der Waals surface area contributed by atoms with E-state index < -0.39 is 11.4 Å². The molecule has 2 N–H and O–H groups in total. The number of likely N-dealkylation sites (tertiary alicyclic amines) is 1. The average molecular weight is 276 g/mol. The SMILES string of the molecule is Cc1ccc(NC(=O)N2CCC(C)(C(=O)O)CC2)cc1. The van der Waals surface area contributed by atoms with E-state index in [2.05, 4.69) is 5.32 Å². The quantitative estimate of drug-likeness (QED) is 0.872. The molecule has 1 aromatic carbocycles. The Morgan fingerprint density at radius 1 is 1.20 bits per heavy atom. The highest BCUT2D eigenvalue weighted by molar-refractivity contribution is 5.89. The van der Waals surface area contributed by atoms with Crippen LogP contribution in [0.15, 0.2) is 24.3 Å². The number of anilines is 1. The van der Waals surface area contributed by atoms with E-state index >= 15 is 0 Å². The third-order valence-electron chi connectivity index (χ3n) is 3.97. The summed E-state index contributed by atoms with van der Waals surface area (Å²) in [4.78, 5) is 24.9. The van der Waals surface area contributed by atoms with Crippen LogP contribution in [0.4, 0.5) is 10.5 Å². The molecule has 1 aromatic rings. The number of carboxylic acids is 1. The van der Waals surface area contributed by atoms with Crippen LogP contribution in [-0.4, -0.2) is 35.1 Å². The molecular formula is C15H20N2O3. The summed E-state index contributed by atoms with van der Waals surface area (Å²) in [6.45, 7) is 4.68. The Bertz CT molecular complexity index is 502. The first-order valence-electron chi connectivity index (χ1n) is 6.77. The Morgan fingerprint density at radius 3 is 2.25 bits per heavy atom. The lowest BCUT2D eigenvalue weighted by atomic mass is 9.80. The second-order valence-corrected chi connectivity index (χ2v) is 5.65. The van der Waals surface area contributed by atoms with E-state index in [-0.39, 0.29) is 6.03 Å². The number of nitrogens with one attached hydrogen (secondary N) is 1. The minimum atomic E-state index is -0.781. The van der Waals surface area contributed by atoms with Gasteiger partial charge in [0.15, 0.2) is 0 Å². The van der Waals surface area contributed by atoms with E-state index in [1.54, 1.807) is 11.8 Å². The molecule has 5 heteroatoms. The number of urea groups is 1. The molecular weight excluding hydrogens is 256 g/mol. The molecule has 0 saturated carbocycles. The third kappa shape index (κ3) is 3.10. The van der Waals surface area contributed by atoms with Crippen molar-refractivity contribution in [2.24, 2.45) is 5.41 Å². The maximum absolute atomic E-state index is 12.1. The molecule has 1 aliphatic heterocycles.